The molecule has 4 atom stereocenters. The molecule has 1 aliphatic carbocycles. The molecule has 12 heteroatoms. The van der Waals surface area contributed by atoms with Crippen LogP contribution >= 0.6 is 0 Å². The lowest BCUT2D eigenvalue weighted by Gasteiger charge is -2.32. The molecular formula is C23H28F4N6O2. The van der Waals surface area contributed by atoms with Crippen molar-refractivity contribution in [1.29, 1.82) is 0 Å². The molecule has 0 amide bonds. The minimum Gasteiger partial charge on any atom is -0.431 e. The van der Waals surface area contributed by atoms with Gasteiger partial charge in [0.15, 0.2) is 23.9 Å². The molecule has 190 valence electrons. The number of morpholine rings is 1. The molecule has 1 saturated carbocycles. The van der Waals surface area contributed by atoms with Crippen molar-refractivity contribution in [3.63, 3.8) is 0 Å². The Morgan fingerprint density at radius 3 is 2.51 bits per heavy atom. The highest BCUT2D eigenvalue weighted by molar-refractivity contribution is 5.65. The smallest absolute Gasteiger partial charge is 0.387 e. The zero-order chi connectivity index (χ0) is 24.5. The molecule has 0 radical (unpaired) electrons. The van der Waals surface area contributed by atoms with Crippen LogP contribution in [0.15, 0.2) is 18.3 Å². The molecule has 3 aliphatic rings. The Hall–Kier alpha value is -2.73. The molecule has 2 aliphatic heterocycles. The van der Waals surface area contributed by atoms with Crippen LogP contribution in [0, 0.1) is 0 Å². The molecular weight excluding hydrogens is 468 g/mol. The Morgan fingerprint density at radius 1 is 1.06 bits per heavy atom. The Morgan fingerprint density at radius 2 is 1.80 bits per heavy atom. The fraction of sp³-hybridized carbons (Fsp3) is 0.609. The van der Waals surface area contributed by atoms with E-state index in [0.717, 1.165) is 51.3 Å². The third-order valence-electron chi connectivity index (χ3n) is 6.98. The average Bonchev–Trinajstić information content (AvgIpc) is 3.48. The van der Waals surface area contributed by atoms with Gasteiger partial charge in [-0.15, -0.1) is 0 Å². The van der Waals surface area contributed by atoms with Gasteiger partial charge in [0.1, 0.15) is 0 Å². The van der Waals surface area contributed by atoms with Gasteiger partial charge >= 0.3 is 6.61 Å². The topological polar surface area (TPSA) is 89.6 Å². The quantitative estimate of drug-likeness (QED) is 0.610. The molecule has 8 nitrogen and oxygen atoms in total. The number of aromatic nitrogens is 3. The molecule has 5 rings (SSSR count). The van der Waals surface area contributed by atoms with Crippen LogP contribution in [0.5, 0.6) is 5.75 Å². The van der Waals surface area contributed by atoms with Gasteiger partial charge in [-0.3, -0.25) is 4.90 Å². The van der Waals surface area contributed by atoms with Gasteiger partial charge in [-0.25, -0.2) is 23.7 Å². The summed E-state index contributed by atoms with van der Waals surface area (Å²) in [4.78, 5) is 17.1. The van der Waals surface area contributed by atoms with Crippen LogP contribution in [0.2, 0.25) is 0 Å². The Bertz CT molecular complexity index is 1030. The minimum atomic E-state index is -3.06. The molecule has 0 bridgehead atoms. The van der Waals surface area contributed by atoms with Crippen LogP contribution in [-0.2, 0) is 4.74 Å². The van der Waals surface area contributed by atoms with Crippen LogP contribution in [-0.4, -0.2) is 84.2 Å². The van der Waals surface area contributed by atoms with Gasteiger partial charge in [0, 0.05) is 42.5 Å². The zero-order valence-corrected chi connectivity index (χ0v) is 19.1. The van der Waals surface area contributed by atoms with Crippen LogP contribution in [0.1, 0.15) is 30.9 Å². The summed E-state index contributed by atoms with van der Waals surface area (Å²) in [5.74, 6) is -0.0934. The normalized spacial score (nSPS) is 27.6. The van der Waals surface area contributed by atoms with Gasteiger partial charge in [0.2, 0.25) is 5.95 Å². The summed E-state index contributed by atoms with van der Waals surface area (Å²) in [6.45, 7) is -0.125. The minimum absolute atomic E-state index is 0.131. The number of alkyl halides is 4. The molecule has 0 unspecified atom stereocenters. The number of nitrogens with zero attached hydrogens (tertiary/aromatic N) is 5. The number of hydrogen-bond donors (Lipinski definition) is 1. The Labute approximate surface area is 200 Å². The number of nitrogen functional groups attached to an aromatic ring is 1. The second kappa shape index (κ2) is 10.1. The van der Waals surface area contributed by atoms with E-state index < -0.39 is 19.0 Å². The zero-order valence-electron chi connectivity index (χ0n) is 19.1. The summed E-state index contributed by atoms with van der Waals surface area (Å²) in [6, 6.07) is 3.55. The van der Waals surface area contributed by atoms with Crippen LogP contribution < -0.4 is 15.4 Å². The predicted molar refractivity (Wildman–Crippen MR) is 121 cm³/mol. The molecule has 4 heterocycles. The fourth-order valence-electron chi connectivity index (χ4n) is 5.13. The van der Waals surface area contributed by atoms with Crippen molar-refractivity contribution in [3.05, 3.63) is 24.0 Å². The van der Waals surface area contributed by atoms with Crippen molar-refractivity contribution in [2.24, 2.45) is 0 Å². The lowest BCUT2D eigenvalue weighted by Crippen LogP contribution is -2.42. The number of hydrogen-bond acceptors (Lipinski definition) is 8. The lowest BCUT2D eigenvalue weighted by molar-refractivity contribution is -0.0494. The van der Waals surface area contributed by atoms with Crippen molar-refractivity contribution in [3.8, 4) is 17.0 Å². The predicted octanol–water partition coefficient (Wildman–Crippen LogP) is 3.19. The number of anilines is 2. The van der Waals surface area contributed by atoms with Crippen molar-refractivity contribution >= 4 is 11.8 Å². The summed E-state index contributed by atoms with van der Waals surface area (Å²) in [7, 11) is 0. The Balaban J connectivity index is 1.47. The molecule has 35 heavy (non-hydrogen) atoms. The lowest BCUT2D eigenvalue weighted by atomic mass is 10.0. The molecule has 3 fully saturated rings. The highest BCUT2D eigenvalue weighted by Gasteiger charge is 2.36. The third kappa shape index (κ3) is 5.27. The maximum atomic E-state index is 14.0. The highest BCUT2D eigenvalue weighted by Crippen LogP contribution is 2.39. The van der Waals surface area contributed by atoms with Gasteiger partial charge in [0.25, 0.3) is 0 Å². The molecule has 2 aromatic heterocycles. The average molecular weight is 497 g/mol. The van der Waals surface area contributed by atoms with Crippen molar-refractivity contribution < 1.29 is 27.0 Å². The number of rotatable bonds is 6. The first-order chi connectivity index (χ1) is 16.9. The second-order valence-corrected chi connectivity index (χ2v) is 9.21. The van der Waals surface area contributed by atoms with Crippen molar-refractivity contribution in [2.75, 3.05) is 50.0 Å². The molecule has 0 aromatic carbocycles. The maximum absolute atomic E-state index is 14.0. The van der Waals surface area contributed by atoms with Crippen LogP contribution in [0.3, 0.4) is 0 Å². The standard InChI is InChI=1S/C23H28F4N6O2/c24-16-11-33(12-17(16)25)23-30-18(13-1-2-15(7-13)32-3-5-34-6-4-32)9-19(31-23)14-8-20(35-22(26)27)21(28)29-10-14/h8-10,13,15-17,22H,1-7,11-12H2,(H2,28,29)/t13-,15-,16-,17+/m0/s1. The van der Waals surface area contributed by atoms with E-state index in [2.05, 4.69) is 19.6 Å². The van der Waals surface area contributed by atoms with Crippen molar-refractivity contribution in [2.45, 2.75) is 50.2 Å². The molecule has 0 spiro atoms. The van der Waals surface area contributed by atoms with E-state index in [4.69, 9.17) is 15.5 Å². The van der Waals surface area contributed by atoms with Gasteiger partial charge < -0.3 is 20.1 Å². The van der Waals surface area contributed by atoms with Gasteiger partial charge in [-0.1, -0.05) is 0 Å². The first-order valence-electron chi connectivity index (χ1n) is 11.8. The molecule has 2 saturated heterocycles. The summed E-state index contributed by atoms with van der Waals surface area (Å²) >= 11 is 0. The first kappa shape index (κ1) is 24.0. The van der Waals surface area contributed by atoms with Gasteiger partial charge in [-0.2, -0.15) is 8.78 Å². The van der Waals surface area contributed by atoms with Gasteiger partial charge in [-0.05, 0) is 31.4 Å². The van der Waals surface area contributed by atoms with E-state index in [-0.39, 0.29) is 36.5 Å². The number of halogens is 4. The largest absolute Gasteiger partial charge is 0.431 e. The summed E-state index contributed by atoms with van der Waals surface area (Å²) in [6.07, 6.45) is 0.994. The number of nitrogens with two attached hydrogens (primary N) is 1. The maximum Gasteiger partial charge on any atom is 0.387 e. The number of pyridine rings is 1. The van der Waals surface area contributed by atoms with Crippen LogP contribution in [0.4, 0.5) is 29.3 Å². The third-order valence-corrected chi connectivity index (χ3v) is 6.98. The second-order valence-electron chi connectivity index (χ2n) is 9.21. The fourth-order valence-corrected chi connectivity index (χ4v) is 5.13. The Kier molecular flexibility index (Phi) is 6.92. The summed E-state index contributed by atoms with van der Waals surface area (Å²) < 4.78 is 63.5. The molecule has 2 N–H and O–H groups in total. The van der Waals surface area contributed by atoms with Crippen molar-refractivity contribution in [1.82, 2.24) is 19.9 Å². The van der Waals surface area contributed by atoms with E-state index in [1.54, 1.807) is 6.07 Å². The molecule has 2 aromatic rings. The first-order valence-corrected chi connectivity index (χ1v) is 11.8. The summed E-state index contributed by atoms with van der Waals surface area (Å²) in [5.41, 5.74) is 7.25. The van der Waals surface area contributed by atoms with Gasteiger partial charge in [0.05, 0.1) is 32.0 Å². The van der Waals surface area contributed by atoms with E-state index in [9.17, 15) is 17.6 Å². The van der Waals surface area contributed by atoms with E-state index in [1.807, 2.05) is 0 Å². The van der Waals surface area contributed by atoms with E-state index in [1.165, 1.54) is 17.2 Å². The SMILES string of the molecule is Nc1ncc(-c2cc([C@H]3CC[C@H](N4CCOCC4)C3)nc(N3C[C@@H](F)[C@@H](F)C3)n2)cc1OC(F)F. The van der Waals surface area contributed by atoms with E-state index in [0.29, 0.717) is 17.3 Å². The monoisotopic (exact) mass is 496 g/mol. The highest BCUT2D eigenvalue weighted by atomic mass is 19.3. The van der Waals surface area contributed by atoms with E-state index >= 15 is 0 Å². The van der Waals surface area contributed by atoms with Crippen LogP contribution in [0.25, 0.3) is 11.3 Å². The number of ether oxygens (including phenoxy) is 2. The summed E-state index contributed by atoms with van der Waals surface area (Å²) in [5, 5.41) is 0.